The number of rotatable bonds is 4. The van der Waals surface area contributed by atoms with Crippen molar-refractivity contribution in [3.05, 3.63) is 48.0 Å². The van der Waals surface area contributed by atoms with E-state index < -0.39 is 0 Å². The molecule has 5 heteroatoms. The fraction of sp³-hybridized carbons (Fsp3) is 0.167. The van der Waals surface area contributed by atoms with Crippen LogP contribution >= 0.6 is 0 Å². The standard InChI is InChI=1S/C12H13N3O2/c16-11-7-13-3-1-9(11)5-15-6-10-2-4-14-8-12(10)17/h1-4,7-8,15-17H,5-6H2. The molecule has 0 unspecified atom stereocenters. The molecule has 5 nitrogen and oxygen atoms in total. The summed E-state index contributed by atoms with van der Waals surface area (Å²) in [5.41, 5.74) is 1.54. The summed E-state index contributed by atoms with van der Waals surface area (Å²) in [6.07, 6.45) is 6.06. The average Bonchev–Trinajstić information content (AvgIpc) is 2.34. The van der Waals surface area contributed by atoms with Crippen LogP contribution in [0, 0.1) is 0 Å². The predicted octanol–water partition coefficient (Wildman–Crippen LogP) is 1.18. The molecule has 0 fully saturated rings. The Kier molecular flexibility index (Phi) is 3.52. The Balaban J connectivity index is 1.93. The summed E-state index contributed by atoms with van der Waals surface area (Å²) in [5.74, 6) is 0.331. The van der Waals surface area contributed by atoms with Gasteiger partial charge < -0.3 is 15.5 Å². The molecule has 0 bridgehead atoms. The Bertz CT molecular complexity index is 457. The molecule has 0 radical (unpaired) electrons. The van der Waals surface area contributed by atoms with Crippen molar-refractivity contribution in [1.29, 1.82) is 0 Å². The predicted molar refractivity (Wildman–Crippen MR) is 62.3 cm³/mol. The van der Waals surface area contributed by atoms with Gasteiger partial charge in [-0.3, -0.25) is 9.97 Å². The normalized spacial score (nSPS) is 10.4. The molecule has 3 N–H and O–H groups in total. The fourth-order valence-electron chi connectivity index (χ4n) is 1.46. The lowest BCUT2D eigenvalue weighted by Gasteiger charge is -2.07. The molecule has 2 heterocycles. The second-order valence-corrected chi connectivity index (χ2v) is 3.61. The molecule has 0 spiro atoms. The Morgan fingerprint density at radius 2 is 1.35 bits per heavy atom. The van der Waals surface area contributed by atoms with E-state index in [0.717, 1.165) is 11.1 Å². The summed E-state index contributed by atoms with van der Waals surface area (Å²) in [5, 5.41) is 22.1. The van der Waals surface area contributed by atoms with Gasteiger partial charge >= 0.3 is 0 Å². The zero-order valence-electron chi connectivity index (χ0n) is 9.17. The smallest absolute Gasteiger partial charge is 0.138 e. The van der Waals surface area contributed by atoms with Gasteiger partial charge in [0.1, 0.15) is 11.5 Å². The van der Waals surface area contributed by atoms with Gasteiger partial charge in [0.05, 0.1) is 12.4 Å². The molecule has 0 atom stereocenters. The highest BCUT2D eigenvalue weighted by molar-refractivity contribution is 5.29. The lowest BCUT2D eigenvalue weighted by atomic mass is 10.2. The third-order valence-electron chi connectivity index (χ3n) is 2.41. The van der Waals surface area contributed by atoms with Crippen molar-refractivity contribution in [3.8, 4) is 11.5 Å². The monoisotopic (exact) mass is 231 g/mol. The minimum Gasteiger partial charge on any atom is -0.506 e. The molecular weight excluding hydrogens is 218 g/mol. The number of nitrogens with zero attached hydrogens (tertiary/aromatic N) is 2. The lowest BCUT2D eigenvalue weighted by Crippen LogP contribution is -2.13. The van der Waals surface area contributed by atoms with Gasteiger partial charge in [-0.1, -0.05) is 0 Å². The maximum Gasteiger partial charge on any atom is 0.138 e. The van der Waals surface area contributed by atoms with Crippen molar-refractivity contribution in [2.24, 2.45) is 0 Å². The third kappa shape index (κ3) is 2.92. The van der Waals surface area contributed by atoms with Crippen LogP contribution in [0.15, 0.2) is 36.9 Å². The summed E-state index contributed by atoms with van der Waals surface area (Å²) >= 11 is 0. The van der Waals surface area contributed by atoms with Crippen molar-refractivity contribution in [1.82, 2.24) is 15.3 Å². The van der Waals surface area contributed by atoms with Gasteiger partial charge in [-0.05, 0) is 12.1 Å². The van der Waals surface area contributed by atoms with Crippen LogP contribution in [-0.2, 0) is 13.1 Å². The van der Waals surface area contributed by atoms with E-state index >= 15 is 0 Å². The summed E-state index contributed by atoms with van der Waals surface area (Å²) in [6.45, 7) is 1.02. The molecule has 0 amide bonds. The quantitative estimate of drug-likeness (QED) is 0.736. The maximum atomic E-state index is 9.50. The van der Waals surface area contributed by atoms with Gasteiger partial charge in [-0.25, -0.2) is 0 Å². The first kappa shape index (κ1) is 11.3. The maximum absolute atomic E-state index is 9.50. The Morgan fingerprint density at radius 3 is 1.76 bits per heavy atom. The first-order chi connectivity index (χ1) is 8.27. The largest absolute Gasteiger partial charge is 0.506 e. The molecule has 88 valence electrons. The van der Waals surface area contributed by atoms with Crippen molar-refractivity contribution < 1.29 is 10.2 Å². The van der Waals surface area contributed by atoms with Crippen LogP contribution in [0.4, 0.5) is 0 Å². The topological polar surface area (TPSA) is 78.3 Å². The van der Waals surface area contributed by atoms with Crippen LogP contribution in [-0.4, -0.2) is 20.2 Å². The van der Waals surface area contributed by atoms with Crippen LogP contribution in [0.1, 0.15) is 11.1 Å². The zero-order valence-corrected chi connectivity index (χ0v) is 9.17. The number of aromatic nitrogens is 2. The molecular formula is C12H13N3O2. The highest BCUT2D eigenvalue weighted by Gasteiger charge is 2.02. The molecule has 0 saturated heterocycles. The minimum atomic E-state index is 0.166. The van der Waals surface area contributed by atoms with E-state index in [9.17, 15) is 10.2 Å². The second-order valence-electron chi connectivity index (χ2n) is 3.61. The summed E-state index contributed by atoms with van der Waals surface area (Å²) in [4.78, 5) is 7.60. The van der Waals surface area contributed by atoms with Gasteiger partial charge in [0.2, 0.25) is 0 Å². The van der Waals surface area contributed by atoms with Crippen LogP contribution in [0.3, 0.4) is 0 Å². The molecule has 2 rings (SSSR count). The number of hydrogen-bond acceptors (Lipinski definition) is 5. The molecule has 0 aliphatic rings. The van der Waals surface area contributed by atoms with Crippen molar-refractivity contribution in [2.75, 3.05) is 0 Å². The van der Waals surface area contributed by atoms with Crippen molar-refractivity contribution in [3.63, 3.8) is 0 Å². The summed E-state index contributed by atoms with van der Waals surface area (Å²) < 4.78 is 0. The summed E-state index contributed by atoms with van der Waals surface area (Å²) in [7, 11) is 0. The van der Waals surface area contributed by atoms with Gasteiger partial charge in [-0.15, -0.1) is 0 Å². The van der Waals surface area contributed by atoms with Gasteiger partial charge in [0.15, 0.2) is 0 Å². The number of pyridine rings is 2. The highest BCUT2D eigenvalue weighted by atomic mass is 16.3. The SMILES string of the molecule is Oc1cnccc1CNCc1ccncc1O. The molecule has 0 aliphatic heterocycles. The Labute approximate surface area is 98.8 Å². The average molecular weight is 231 g/mol. The van der Waals surface area contributed by atoms with Crippen molar-refractivity contribution in [2.45, 2.75) is 13.1 Å². The van der Waals surface area contributed by atoms with E-state index in [0.29, 0.717) is 13.1 Å². The minimum absolute atomic E-state index is 0.166. The van der Waals surface area contributed by atoms with Gasteiger partial charge in [-0.2, -0.15) is 0 Å². The van der Waals surface area contributed by atoms with E-state index in [4.69, 9.17) is 0 Å². The van der Waals surface area contributed by atoms with E-state index in [1.54, 1.807) is 24.5 Å². The van der Waals surface area contributed by atoms with Crippen LogP contribution in [0.2, 0.25) is 0 Å². The number of hydrogen-bond donors (Lipinski definition) is 3. The van der Waals surface area contributed by atoms with E-state index in [-0.39, 0.29) is 11.5 Å². The molecule has 0 aromatic carbocycles. The van der Waals surface area contributed by atoms with E-state index in [1.165, 1.54) is 12.4 Å². The summed E-state index contributed by atoms with van der Waals surface area (Å²) in [6, 6.07) is 3.49. The first-order valence-corrected chi connectivity index (χ1v) is 5.22. The molecule has 17 heavy (non-hydrogen) atoms. The zero-order chi connectivity index (χ0) is 12.1. The Morgan fingerprint density at radius 1 is 0.882 bits per heavy atom. The van der Waals surface area contributed by atoms with Crippen molar-refractivity contribution >= 4 is 0 Å². The van der Waals surface area contributed by atoms with E-state index in [2.05, 4.69) is 15.3 Å². The van der Waals surface area contributed by atoms with Gasteiger partial charge in [0.25, 0.3) is 0 Å². The molecule has 0 aliphatic carbocycles. The highest BCUT2D eigenvalue weighted by Crippen LogP contribution is 2.15. The third-order valence-corrected chi connectivity index (χ3v) is 2.41. The Hall–Kier alpha value is -2.14. The fourth-order valence-corrected chi connectivity index (χ4v) is 1.46. The number of nitrogens with one attached hydrogen (secondary N) is 1. The van der Waals surface area contributed by atoms with Crippen LogP contribution in [0.25, 0.3) is 0 Å². The number of aromatic hydroxyl groups is 2. The second kappa shape index (κ2) is 5.27. The molecule has 2 aromatic rings. The van der Waals surface area contributed by atoms with Gasteiger partial charge in [0, 0.05) is 36.6 Å². The molecule has 2 aromatic heterocycles. The van der Waals surface area contributed by atoms with Crippen LogP contribution < -0.4 is 5.32 Å². The lowest BCUT2D eigenvalue weighted by molar-refractivity contribution is 0.456. The first-order valence-electron chi connectivity index (χ1n) is 5.22. The van der Waals surface area contributed by atoms with E-state index in [1.807, 2.05) is 0 Å². The van der Waals surface area contributed by atoms with Crippen LogP contribution in [0.5, 0.6) is 11.5 Å². The molecule has 0 saturated carbocycles.